The van der Waals surface area contributed by atoms with E-state index in [0.717, 1.165) is 25.7 Å². The molecule has 2 aliphatic rings. The maximum Gasteiger partial charge on any atom is 0.222 e. The van der Waals surface area contributed by atoms with Crippen LogP contribution in [0.25, 0.3) is 0 Å². The Morgan fingerprint density at radius 2 is 1.84 bits per heavy atom. The first-order valence-electron chi connectivity index (χ1n) is 7.16. The lowest BCUT2D eigenvalue weighted by atomic mass is 9.79. The summed E-state index contributed by atoms with van der Waals surface area (Å²) in [4.78, 5) is 13.7. The van der Waals surface area contributed by atoms with E-state index in [0.29, 0.717) is 25.9 Å². The third-order valence-corrected chi connectivity index (χ3v) is 6.70. The molecular weight excluding hydrogens is 264 g/mol. The fraction of sp³-hybridized carbons (Fsp3) is 0.923. The second-order valence-corrected chi connectivity index (χ2v) is 7.83. The van der Waals surface area contributed by atoms with E-state index in [1.165, 1.54) is 0 Å². The summed E-state index contributed by atoms with van der Waals surface area (Å²) in [7, 11) is -1.22. The van der Waals surface area contributed by atoms with Crippen molar-refractivity contribution < 1.29 is 13.2 Å². The molecule has 0 unspecified atom stereocenters. The fourth-order valence-corrected chi connectivity index (χ4v) is 4.83. The number of nitrogens with zero attached hydrogens (tertiary/aromatic N) is 2. The van der Waals surface area contributed by atoms with E-state index < -0.39 is 10.0 Å². The molecule has 1 amide bonds. The van der Waals surface area contributed by atoms with Gasteiger partial charge >= 0.3 is 0 Å². The van der Waals surface area contributed by atoms with Gasteiger partial charge in [-0.1, -0.05) is 6.92 Å². The van der Waals surface area contributed by atoms with Crippen molar-refractivity contribution in [3.05, 3.63) is 0 Å². The topological polar surface area (TPSA) is 57.7 Å². The molecule has 2 heterocycles. The summed E-state index contributed by atoms with van der Waals surface area (Å²) in [5.41, 5.74) is -0.0897. The molecule has 2 aliphatic heterocycles. The highest BCUT2D eigenvalue weighted by Crippen LogP contribution is 2.37. The Bertz CT molecular complexity index is 439. The van der Waals surface area contributed by atoms with Crippen molar-refractivity contribution in [2.45, 2.75) is 51.0 Å². The summed E-state index contributed by atoms with van der Waals surface area (Å²) in [5, 5.41) is 0. The molecule has 0 radical (unpaired) electrons. The smallest absolute Gasteiger partial charge is 0.222 e. The van der Waals surface area contributed by atoms with Gasteiger partial charge in [0, 0.05) is 32.1 Å². The zero-order valence-electron chi connectivity index (χ0n) is 11.9. The standard InChI is InChI=1S/C13H24N2O3S/c1-3-11-19(17,18)15-9-7-13(8-10-15)6-4-5-12(16)14(13)2/h3-11H2,1-2H3. The van der Waals surface area contributed by atoms with Crippen LogP contribution in [0.3, 0.4) is 0 Å². The van der Waals surface area contributed by atoms with Crippen LogP contribution in [0.2, 0.25) is 0 Å². The normalized spacial score (nSPS) is 24.9. The number of hydrogen-bond acceptors (Lipinski definition) is 3. The average Bonchev–Trinajstić information content (AvgIpc) is 2.37. The van der Waals surface area contributed by atoms with Crippen molar-refractivity contribution >= 4 is 15.9 Å². The third kappa shape index (κ3) is 2.79. The van der Waals surface area contributed by atoms with Crippen LogP contribution in [-0.4, -0.2) is 55.0 Å². The molecule has 6 heteroatoms. The lowest BCUT2D eigenvalue weighted by Crippen LogP contribution is -2.58. The summed E-state index contributed by atoms with van der Waals surface area (Å²) < 4.78 is 25.7. The van der Waals surface area contributed by atoms with Crippen LogP contribution in [0.15, 0.2) is 0 Å². The maximum absolute atomic E-state index is 12.0. The van der Waals surface area contributed by atoms with Gasteiger partial charge in [-0.05, 0) is 32.1 Å². The second-order valence-electron chi connectivity index (χ2n) is 5.75. The largest absolute Gasteiger partial charge is 0.340 e. The molecule has 2 fully saturated rings. The van der Waals surface area contributed by atoms with Gasteiger partial charge in [0.1, 0.15) is 0 Å². The predicted octanol–water partition coefficient (Wildman–Crippen LogP) is 1.20. The van der Waals surface area contributed by atoms with Crippen molar-refractivity contribution in [1.29, 1.82) is 0 Å². The quantitative estimate of drug-likeness (QED) is 0.784. The van der Waals surface area contributed by atoms with E-state index in [1.54, 1.807) is 4.31 Å². The van der Waals surface area contributed by atoms with Gasteiger partial charge in [-0.2, -0.15) is 0 Å². The van der Waals surface area contributed by atoms with Crippen molar-refractivity contribution in [1.82, 2.24) is 9.21 Å². The molecule has 1 spiro atoms. The molecule has 0 aromatic rings. The lowest BCUT2D eigenvalue weighted by Gasteiger charge is -2.49. The predicted molar refractivity (Wildman–Crippen MR) is 74.2 cm³/mol. The Morgan fingerprint density at radius 1 is 1.21 bits per heavy atom. The zero-order chi connectivity index (χ0) is 14.1. The maximum atomic E-state index is 12.0. The Morgan fingerprint density at radius 3 is 2.42 bits per heavy atom. The van der Waals surface area contributed by atoms with Crippen LogP contribution in [-0.2, 0) is 14.8 Å². The molecule has 0 aliphatic carbocycles. The first-order valence-corrected chi connectivity index (χ1v) is 8.77. The van der Waals surface area contributed by atoms with Crippen LogP contribution >= 0.6 is 0 Å². The second kappa shape index (κ2) is 5.40. The Balaban J connectivity index is 2.04. The van der Waals surface area contributed by atoms with Crippen LogP contribution in [0.1, 0.15) is 45.4 Å². The number of sulfonamides is 1. The summed E-state index contributed by atoms with van der Waals surface area (Å²) in [6, 6.07) is 0. The fourth-order valence-electron chi connectivity index (χ4n) is 3.32. The molecule has 2 saturated heterocycles. The van der Waals surface area contributed by atoms with Gasteiger partial charge in [-0.25, -0.2) is 12.7 Å². The van der Waals surface area contributed by atoms with E-state index in [4.69, 9.17) is 0 Å². The summed E-state index contributed by atoms with van der Waals surface area (Å²) in [6.45, 7) is 3.00. The zero-order valence-corrected chi connectivity index (χ0v) is 12.7. The van der Waals surface area contributed by atoms with E-state index in [1.807, 2.05) is 18.9 Å². The molecule has 110 valence electrons. The van der Waals surface area contributed by atoms with Gasteiger partial charge in [-0.3, -0.25) is 4.79 Å². The molecule has 0 aromatic heterocycles. The highest BCUT2D eigenvalue weighted by Gasteiger charge is 2.44. The first-order chi connectivity index (χ1) is 8.91. The Hall–Kier alpha value is -0.620. The van der Waals surface area contributed by atoms with Gasteiger partial charge in [0.2, 0.25) is 15.9 Å². The minimum absolute atomic E-state index is 0.0897. The third-order valence-electron chi connectivity index (χ3n) is 4.63. The average molecular weight is 288 g/mol. The van der Waals surface area contributed by atoms with Crippen LogP contribution < -0.4 is 0 Å². The van der Waals surface area contributed by atoms with E-state index >= 15 is 0 Å². The minimum atomic E-state index is -3.09. The monoisotopic (exact) mass is 288 g/mol. The number of piperidine rings is 2. The number of rotatable bonds is 3. The summed E-state index contributed by atoms with van der Waals surface area (Å²) >= 11 is 0. The molecular formula is C13H24N2O3S. The van der Waals surface area contributed by atoms with Gasteiger partial charge in [0.05, 0.1) is 5.75 Å². The van der Waals surface area contributed by atoms with E-state index in [9.17, 15) is 13.2 Å². The van der Waals surface area contributed by atoms with Crippen molar-refractivity contribution in [3.63, 3.8) is 0 Å². The van der Waals surface area contributed by atoms with E-state index in [-0.39, 0.29) is 17.2 Å². The van der Waals surface area contributed by atoms with Gasteiger partial charge < -0.3 is 4.90 Å². The highest BCUT2D eigenvalue weighted by molar-refractivity contribution is 7.89. The van der Waals surface area contributed by atoms with Crippen LogP contribution in [0, 0.1) is 0 Å². The molecule has 2 rings (SSSR count). The molecule has 5 nitrogen and oxygen atoms in total. The summed E-state index contributed by atoms with van der Waals surface area (Å²) in [5.74, 6) is 0.436. The summed E-state index contributed by atoms with van der Waals surface area (Å²) in [6.07, 6.45) is 4.79. The molecule has 0 aromatic carbocycles. The minimum Gasteiger partial charge on any atom is -0.340 e. The van der Waals surface area contributed by atoms with Crippen LogP contribution in [0.4, 0.5) is 0 Å². The van der Waals surface area contributed by atoms with Crippen molar-refractivity contribution in [2.75, 3.05) is 25.9 Å². The van der Waals surface area contributed by atoms with Gasteiger partial charge in [-0.15, -0.1) is 0 Å². The molecule has 0 bridgehead atoms. The first kappa shape index (κ1) is 14.8. The van der Waals surface area contributed by atoms with Crippen molar-refractivity contribution in [3.8, 4) is 0 Å². The number of hydrogen-bond donors (Lipinski definition) is 0. The van der Waals surface area contributed by atoms with Crippen molar-refractivity contribution in [2.24, 2.45) is 0 Å². The van der Waals surface area contributed by atoms with Gasteiger partial charge in [0.15, 0.2) is 0 Å². The number of amides is 1. The highest BCUT2D eigenvalue weighted by atomic mass is 32.2. The number of likely N-dealkylation sites (tertiary alicyclic amines) is 1. The molecule has 19 heavy (non-hydrogen) atoms. The lowest BCUT2D eigenvalue weighted by molar-refractivity contribution is -0.141. The Labute approximate surface area is 116 Å². The number of carbonyl (C=O) groups excluding carboxylic acids is 1. The molecule has 0 N–H and O–H groups in total. The molecule has 0 atom stereocenters. The Kier molecular flexibility index (Phi) is 4.20. The molecule has 0 saturated carbocycles. The van der Waals surface area contributed by atoms with Gasteiger partial charge in [0.25, 0.3) is 0 Å². The van der Waals surface area contributed by atoms with E-state index in [2.05, 4.69) is 0 Å². The SMILES string of the molecule is CCCS(=O)(=O)N1CCC2(CCCC(=O)N2C)CC1. The van der Waals surface area contributed by atoms with Crippen LogP contribution in [0.5, 0.6) is 0 Å². The number of carbonyl (C=O) groups is 1.